The van der Waals surface area contributed by atoms with Crippen molar-refractivity contribution >= 4 is 9.84 Å². The molecule has 0 aliphatic carbocycles. The summed E-state index contributed by atoms with van der Waals surface area (Å²) in [7, 11) is -3.41. The summed E-state index contributed by atoms with van der Waals surface area (Å²) < 4.78 is 34.3. The fraction of sp³-hybridized carbons (Fsp3) is 0.364. The topological polar surface area (TPSA) is 73.3 Å². The number of sulfone groups is 1. The Morgan fingerprint density at radius 1 is 1.24 bits per heavy atom. The van der Waals surface area contributed by atoms with E-state index in [1.165, 1.54) is 12.3 Å². The van der Waals surface area contributed by atoms with Gasteiger partial charge in [0.2, 0.25) is 0 Å². The first-order chi connectivity index (χ1) is 7.92. The molecule has 0 radical (unpaired) electrons. The molecule has 0 N–H and O–H groups in total. The highest BCUT2D eigenvalue weighted by Gasteiger charge is 2.23. The Balaban J connectivity index is 2.40. The third-order valence-electron chi connectivity index (χ3n) is 2.66. The number of rotatable bonds is 3. The summed E-state index contributed by atoms with van der Waals surface area (Å²) in [5.41, 5.74) is 1.22. The molecule has 0 atom stereocenters. The Kier molecular flexibility index (Phi) is 2.82. The smallest absolute Gasteiger partial charge is 0.186 e. The number of hydrogen-bond donors (Lipinski definition) is 0. The van der Waals surface area contributed by atoms with Gasteiger partial charge in [0.25, 0.3) is 0 Å². The summed E-state index contributed by atoms with van der Waals surface area (Å²) in [5, 5.41) is 3.74. The molecule has 92 valence electrons. The molecule has 5 nitrogen and oxygen atoms in total. The first kappa shape index (κ1) is 11.9. The van der Waals surface area contributed by atoms with E-state index in [1.54, 1.807) is 20.8 Å². The Morgan fingerprint density at radius 2 is 1.94 bits per heavy atom. The number of aromatic nitrogens is 1. The van der Waals surface area contributed by atoms with Gasteiger partial charge in [-0.05, 0) is 26.8 Å². The van der Waals surface area contributed by atoms with Crippen LogP contribution in [0.3, 0.4) is 0 Å². The molecule has 2 aromatic rings. The molecule has 0 saturated heterocycles. The zero-order valence-corrected chi connectivity index (χ0v) is 10.7. The fourth-order valence-electron chi connectivity index (χ4n) is 1.67. The van der Waals surface area contributed by atoms with Gasteiger partial charge in [-0.25, -0.2) is 8.42 Å². The zero-order valence-electron chi connectivity index (χ0n) is 9.85. The summed E-state index contributed by atoms with van der Waals surface area (Å²) in [5.74, 6) is 0.818. The van der Waals surface area contributed by atoms with Crippen molar-refractivity contribution in [1.82, 2.24) is 5.16 Å². The highest BCUT2D eigenvalue weighted by Crippen LogP contribution is 2.23. The van der Waals surface area contributed by atoms with E-state index < -0.39 is 9.84 Å². The SMILES string of the molecule is Cc1noc(C)c1CS(=O)(=O)c1ccoc1C. The van der Waals surface area contributed by atoms with Gasteiger partial charge in [-0.2, -0.15) is 0 Å². The van der Waals surface area contributed by atoms with Crippen molar-refractivity contribution in [1.29, 1.82) is 0 Å². The van der Waals surface area contributed by atoms with Crippen LogP contribution in [-0.4, -0.2) is 13.6 Å². The van der Waals surface area contributed by atoms with Crippen LogP contribution in [0, 0.1) is 20.8 Å². The lowest BCUT2D eigenvalue weighted by atomic mass is 10.2. The molecule has 6 heteroatoms. The molecule has 0 amide bonds. The molecule has 0 bridgehead atoms. The van der Waals surface area contributed by atoms with Crippen LogP contribution < -0.4 is 0 Å². The highest BCUT2D eigenvalue weighted by molar-refractivity contribution is 7.90. The standard InChI is InChI=1S/C11H13NO4S/c1-7-10(8(2)16-12-7)6-17(13,14)11-4-5-15-9(11)3/h4-5H,6H2,1-3H3. The van der Waals surface area contributed by atoms with E-state index in [1.807, 2.05) is 0 Å². The van der Waals surface area contributed by atoms with Crippen LogP contribution in [-0.2, 0) is 15.6 Å². The first-order valence-corrected chi connectivity index (χ1v) is 6.75. The molecule has 2 rings (SSSR count). The second-order valence-corrected chi connectivity index (χ2v) is 5.86. The summed E-state index contributed by atoms with van der Waals surface area (Å²) in [6, 6.07) is 1.46. The van der Waals surface area contributed by atoms with Crippen molar-refractivity contribution in [3.8, 4) is 0 Å². The summed E-state index contributed by atoms with van der Waals surface area (Å²) in [4.78, 5) is 0.220. The van der Waals surface area contributed by atoms with Gasteiger partial charge in [-0.1, -0.05) is 5.16 Å². The molecular weight excluding hydrogens is 242 g/mol. The Bertz CT molecular complexity index is 617. The lowest BCUT2D eigenvalue weighted by Crippen LogP contribution is -2.06. The van der Waals surface area contributed by atoms with Gasteiger partial charge in [-0.15, -0.1) is 0 Å². The van der Waals surface area contributed by atoms with Gasteiger partial charge in [-0.3, -0.25) is 0 Å². The van der Waals surface area contributed by atoms with Crippen molar-refractivity contribution in [3.63, 3.8) is 0 Å². The van der Waals surface area contributed by atoms with Gasteiger partial charge in [0.1, 0.15) is 16.4 Å². The van der Waals surface area contributed by atoms with E-state index in [0.29, 0.717) is 22.8 Å². The van der Waals surface area contributed by atoms with Crippen LogP contribution >= 0.6 is 0 Å². The van der Waals surface area contributed by atoms with Gasteiger partial charge >= 0.3 is 0 Å². The van der Waals surface area contributed by atoms with E-state index in [4.69, 9.17) is 8.94 Å². The predicted octanol–water partition coefficient (Wildman–Crippen LogP) is 2.17. The number of furan rings is 1. The van der Waals surface area contributed by atoms with Crippen molar-refractivity contribution in [3.05, 3.63) is 35.1 Å². The first-order valence-electron chi connectivity index (χ1n) is 5.10. The van der Waals surface area contributed by atoms with E-state index in [-0.39, 0.29) is 10.6 Å². The normalized spacial score (nSPS) is 11.9. The van der Waals surface area contributed by atoms with Crippen molar-refractivity contribution < 1.29 is 17.4 Å². The van der Waals surface area contributed by atoms with Crippen molar-refractivity contribution in [2.75, 3.05) is 0 Å². The highest BCUT2D eigenvalue weighted by atomic mass is 32.2. The lowest BCUT2D eigenvalue weighted by Gasteiger charge is -2.02. The third-order valence-corrected chi connectivity index (χ3v) is 4.42. The molecule has 0 aliphatic rings. The lowest BCUT2D eigenvalue weighted by molar-refractivity contribution is 0.392. The molecule has 0 saturated carbocycles. The predicted molar refractivity (Wildman–Crippen MR) is 60.3 cm³/mol. The van der Waals surface area contributed by atoms with Crippen molar-refractivity contribution in [2.24, 2.45) is 0 Å². The van der Waals surface area contributed by atoms with Crippen LogP contribution in [0.25, 0.3) is 0 Å². The van der Waals surface area contributed by atoms with Crippen LogP contribution in [0.1, 0.15) is 22.8 Å². The molecule has 0 unspecified atom stereocenters. The minimum atomic E-state index is -3.41. The maximum Gasteiger partial charge on any atom is 0.186 e. The number of aryl methyl sites for hydroxylation is 3. The number of hydrogen-bond acceptors (Lipinski definition) is 5. The molecule has 0 aliphatic heterocycles. The summed E-state index contributed by atoms with van der Waals surface area (Å²) in [6.07, 6.45) is 1.37. The monoisotopic (exact) mass is 255 g/mol. The van der Waals surface area contributed by atoms with Crippen LogP contribution in [0.2, 0.25) is 0 Å². The van der Waals surface area contributed by atoms with Crippen LogP contribution in [0.5, 0.6) is 0 Å². The minimum absolute atomic E-state index is 0.117. The molecule has 0 fully saturated rings. The fourth-order valence-corrected chi connectivity index (χ4v) is 3.37. The summed E-state index contributed by atoms with van der Waals surface area (Å²) in [6.45, 7) is 5.05. The van der Waals surface area contributed by atoms with Gasteiger partial charge < -0.3 is 8.94 Å². The van der Waals surface area contributed by atoms with E-state index in [0.717, 1.165) is 0 Å². The second kappa shape index (κ2) is 4.03. The molecule has 17 heavy (non-hydrogen) atoms. The van der Waals surface area contributed by atoms with Gasteiger partial charge in [0, 0.05) is 5.56 Å². The van der Waals surface area contributed by atoms with E-state index >= 15 is 0 Å². The van der Waals surface area contributed by atoms with Crippen LogP contribution in [0.15, 0.2) is 26.2 Å². The van der Waals surface area contributed by atoms with Gasteiger partial charge in [0.15, 0.2) is 9.84 Å². The Hall–Kier alpha value is -1.56. The molecule has 2 aromatic heterocycles. The largest absolute Gasteiger partial charge is 0.468 e. The Morgan fingerprint density at radius 3 is 2.41 bits per heavy atom. The summed E-state index contributed by atoms with van der Waals surface area (Å²) >= 11 is 0. The zero-order chi connectivity index (χ0) is 12.6. The minimum Gasteiger partial charge on any atom is -0.468 e. The van der Waals surface area contributed by atoms with Gasteiger partial charge in [0.05, 0.1) is 17.7 Å². The maximum absolute atomic E-state index is 12.2. The average Bonchev–Trinajstić information content (AvgIpc) is 2.79. The molecule has 2 heterocycles. The second-order valence-electron chi connectivity index (χ2n) is 3.90. The van der Waals surface area contributed by atoms with E-state index in [2.05, 4.69) is 5.16 Å². The van der Waals surface area contributed by atoms with Crippen LogP contribution in [0.4, 0.5) is 0 Å². The maximum atomic E-state index is 12.2. The molecular formula is C11H13NO4S. The Labute approximate surface area is 99.3 Å². The molecule has 0 aromatic carbocycles. The third kappa shape index (κ3) is 2.12. The van der Waals surface area contributed by atoms with Crippen molar-refractivity contribution in [2.45, 2.75) is 31.4 Å². The quantitative estimate of drug-likeness (QED) is 0.840. The average molecular weight is 255 g/mol. The number of nitrogens with zero attached hydrogens (tertiary/aromatic N) is 1. The molecule has 0 spiro atoms. The van der Waals surface area contributed by atoms with E-state index in [9.17, 15) is 8.42 Å².